The summed E-state index contributed by atoms with van der Waals surface area (Å²) in [7, 11) is 5.33. The maximum absolute atomic E-state index is 13.0. The summed E-state index contributed by atoms with van der Waals surface area (Å²) in [5, 5.41) is 2.98. The normalized spacial score (nSPS) is 25.4. The number of methoxy groups -OCH3 is 2. The van der Waals surface area contributed by atoms with Gasteiger partial charge in [0.2, 0.25) is 0 Å². The Kier molecular flexibility index (Phi) is 6.31. The highest BCUT2D eigenvalue weighted by atomic mass is 19.4. The van der Waals surface area contributed by atoms with E-state index in [2.05, 4.69) is 23.3 Å². The lowest BCUT2D eigenvalue weighted by Gasteiger charge is -2.43. The quantitative estimate of drug-likeness (QED) is 0.711. The molecule has 0 spiro atoms. The largest absolute Gasteiger partial charge is 0.493 e. The molecule has 1 heterocycles. The third-order valence-electron chi connectivity index (χ3n) is 7.12. The minimum absolute atomic E-state index is 0.0325. The summed E-state index contributed by atoms with van der Waals surface area (Å²) in [6, 6.07) is 10.6. The van der Waals surface area contributed by atoms with Gasteiger partial charge in [-0.15, -0.1) is 0 Å². The summed E-state index contributed by atoms with van der Waals surface area (Å²) in [6.07, 6.45) is -2.09. The second-order valence-corrected chi connectivity index (χ2v) is 9.14. The van der Waals surface area contributed by atoms with Gasteiger partial charge in [-0.1, -0.05) is 12.1 Å². The fourth-order valence-corrected chi connectivity index (χ4v) is 5.56. The number of likely N-dealkylation sites (N-methyl/N-ethyl adjacent to an activating group) is 1. The SMILES string of the molecule is COc1ccc([C@@]23CC[C@@H](NC(=O)c4cccc(C(F)(F)F)c4)C[C@@H]2CN(C)C3)cc1OC. The van der Waals surface area contributed by atoms with Crippen LogP contribution in [0.5, 0.6) is 11.5 Å². The van der Waals surface area contributed by atoms with E-state index in [-0.39, 0.29) is 17.0 Å². The Morgan fingerprint density at radius 3 is 2.58 bits per heavy atom. The van der Waals surface area contributed by atoms with Crippen LogP contribution in [0.1, 0.15) is 40.7 Å². The Morgan fingerprint density at radius 1 is 1.12 bits per heavy atom. The zero-order chi connectivity index (χ0) is 23.8. The third-order valence-corrected chi connectivity index (χ3v) is 7.12. The molecule has 0 aromatic heterocycles. The van der Waals surface area contributed by atoms with Crippen molar-refractivity contribution in [2.24, 2.45) is 5.92 Å². The summed E-state index contributed by atoms with van der Waals surface area (Å²) >= 11 is 0. The molecule has 178 valence electrons. The van der Waals surface area contributed by atoms with Gasteiger partial charge in [0.05, 0.1) is 19.8 Å². The van der Waals surface area contributed by atoms with Crippen LogP contribution in [-0.4, -0.2) is 51.2 Å². The molecule has 0 unspecified atom stereocenters. The highest BCUT2D eigenvalue weighted by molar-refractivity contribution is 5.94. The number of benzene rings is 2. The average Bonchev–Trinajstić information content (AvgIpc) is 3.14. The molecular weight excluding hydrogens is 433 g/mol. The maximum atomic E-state index is 13.0. The molecule has 1 saturated heterocycles. The number of likely N-dealkylation sites (tertiary alicyclic amines) is 1. The molecule has 8 heteroatoms. The Balaban J connectivity index is 1.52. The molecule has 2 aromatic carbocycles. The first-order chi connectivity index (χ1) is 15.7. The highest BCUT2D eigenvalue weighted by Gasteiger charge is 2.50. The molecular formula is C25H29F3N2O3. The minimum atomic E-state index is -4.48. The predicted molar refractivity (Wildman–Crippen MR) is 119 cm³/mol. The summed E-state index contributed by atoms with van der Waals surface area (Å²) < 4.78 is 50.0. The van der Waals surface area contributed by atoms with Crippen LogP contribution in [0.4, 0.5) is 13.2 Å². The summed E-state index contributed by atoms with van der Waals surface area (Å²) in [4.78, 5) is 15.0. The molecule has 1 saturated carbocycles. The minimum Gasteiger partial charge on any atom is -0.493 e. The van der Waals surface area contributed by atoms with E-state index in [0.29, 0.717) is 17.4 Å². The van der Waals surface area contributed by atoms with Crippen LogP contribution >= 0.6 is 0 Å². The molecule has 33 heavy (non-hydrogen) atoms. The maximum Gasteiger partial charge on any atom is 0.416 e. The molecule has 4 rings (SSSR count). The number of rotatable bonds is 5. The number of hydrogen-bond acceptors (Lipinski definition) is 4. The number of carbonyl (C=O) groups is 1. The van der Waals surface area contributed by atoms with Crippen LogP contribution < -0.4 is 14.8 Å². The summed E-state index contributed by atoms with van der Waals surface area (Å²) in [5.41, 5.74) is 0.345. The molecule has 0 radical (unpaired) electrons. The first kappa shape index (κ1) is 23.4. The van der Waals surface area contributed by atoms with E-state index < -0.39 is 17.6 Å². The molecule has 1 aliphatic heterocycles. The van der Waals surface area contributed by atoms with Crippen molar-refractivity contribution in [3.8, 4) is 11.5 Å². The summed E-state index contributed by atoms with van der Waals surface area (Å²) in [5.74, 6) is 1.22. The molecule has 1 amide bonds. The van der Waals surface area contributed by atoms with Gasteiger partial charge < -0.3 is 19.7 Å². The Morgan fingerprint density at radius 2 is 1.88 bits per heavy atom. The van der Waals surface area contributed by atoms with Gasteiger partial charge in [-0.25, -0.2) is 0 Å². The second kappa shape index (κ2) is 8.89. The number of carbonyl (C=O) groups excluding carboxylic acids is 1. The first-order valence-electron chi connectivity index (χ1n) is 11.1. The van der Waals surface area contributed by atoms with Gasteiger partial charge in [0, 0.05) is 30.1 Å². The standard InChI is InChI=1S/C25H29F3N2O3/c1-30-14-19-12-20(29-23(31)16-5-4-6-18(11-16)25(26,27)28)9-10-24(19,15-30)17-7-8-21(32-2)22(13-17)33-3/h4-8,11,13,19-20H,9-10,12,14-15H2,1-3H3,(H,29,31)/t19-,20-,24+/m1/s1. The smallest absolute Gasteiger partial charge is 0.416 e. The van der Waals surface area contributed by atoms with E-state index in [0.717, 1.165) is 44.5 Å². The van der Waals surface area contributed by atoms with E-state index in [4.69, 9.17) is 9.47 Å². The average molecular weight is 463 g/mol. The molecule has 1 aliphatic carbocycles. The molecule has 2 aliphatic rings. The van der Waals surface area contributed by atoms with Crippen molar-refractivity contribution in [3.05, 3.63) is 59.2 Å². The lowest BCUT2D eigenvalue weighted by Crippen LogP contribution is -2.47. The van der Waals surface area contributed by atoms with E-state index in [1.165, 1.54) is 17.7 Å². The third kappa shape index (κ3) is 4.53. The van der Waals surface area contributed by atoms with Gasteiger partial charge in [0.1, 0.15) is 0 Å². The Bertz CT molecular complexity index is 1030. The first-order valence-corrected chi connectivity index (χ1v) is 11.1. The molecule has 5 nitrogen and oxygen atoms in total. The Labute approximate surface area is 191 Å². The van der Waals surface area contributed by atoms with Crippen molar-refractivity contribution in [2.45, 2.75) is 36.9 Å². The molecule has 2 fully saturated rings. The van der Waals surface area contributed by atoms with Crippen molar-refractivity contribution >= 4 is 5.91 Å². The molecule has 0 bridgehead atoms. The van der Waals surface area contributed by atoms with Crippen LogP contribution in [0, 0.1) is 5.92 Å². The predicted octanol–water partition coefficient (Wildman–Crippen LogP) is 4.50. The van der Waals surface area contributed by atoms with Crippen molar-refractivity contribution in [1.82, 2.24) is 10.2 Å². The molecule has 3 atom stereocenters. The van der Waals surface area contributed by atoms with E-state index in [1.807, 2.05) is 12.1 Å². The van der Waals surface area contributed by atoms with Gasteiger partial charge in [0.15, 0.2) is 11.5 Å². The number of nitrogens with zero attached hydrogens (tertiary/aromatic N) is 1. The number of ether oxygens (including phenoxy) is 2. The van der Waals surface area contributed by atoms with Gasteiger partial charge in [-0.3, -0.25) is 4.79 Å². The van der Waals surface area contributed by atoms with E-state index in [9.17, 15) is 18.0 Å². The van der Waals surface area contributed by atoms with Crippen LogP contribution in [0.25, 0.3) is 0 Å². The number of alkyl halides is 3. The topological polar surface area (TPSA) is 50.8 Å². The number of amides is 1. The molecule has 1 N–H and O–H groups in total. The fourth-order valence-electron chi connectivity index (χ4n) is 5.56. The van der Waals surface area contributed by atoms with Crippen molar-refractivity contribution in [2.75, 3.05) is 34.4 Å². The van der Waals surface area contributed by atoms with Crippen LogP contribution in [0.2, 0.25) is 0 Å². The highest BCUT2D eigenvalue weighted by Crippen LogP contribution is 2.49. The lowest BCUT2D eigenvalue weighted by atomic mass is 9.63. The van der Waals surface area contributed by atoms with Crippen molar-refractivity contribution < 1.29 is 27.4 Å². The van der Waals surface area contributed by atoms with Crippen LogP contribution in [0.15, 0.2) is 42.5 Å². The number of halogens is 3. The van der Waals surface area contributed by atoms with Crippen LogP contribution in [-0.2, 0) is 11.6 Å². The van der Waals surface area contributed by atoms with Crippen molar-refractivity contribution in [3.63, 3.8) is 0 Å². The van der Waals surface area contributed by atoms with Gasteiger partial charge in [0.25, 0.3) is 5.91 Å². The summed E-state index contributed by atoms with van der Waals surface area (Å²) in [6.45, 7) is 1.80. The Hall–Kier alpha value is -2.74. The fraction of sp³-hybridized carbons (Fsp3) is 0.480. The van der Waals surface area contributed by atoms with Gasteiger partial charge in [-0.05, 0) is 68.1 Å². The van der Waals surface area contributed by atoms with E-state index >= 15 is 0 Å². The monoisotopic (exact) mass is 462 g/mol. The van der Waals surface area contributed by atoms with Gasteiger partial charge >= 0.3 is 6.18 Å². The second-order valence-electron chi connectivity index (χ2n) is 9.14. The van der Waals surface area contributed by atoms with Crippen LogP contribution in [0.3, 0.4) is 0 Å². The number of nitrogens with one attached hydrogen (secondary N) is 1. The zero-order valence-electron chi connectivity index (χ0n) is 19.0. The lowest BCUT2D eigenvalue weighted by molar-refractivity contribution is -0.137. The number of hydrogen-bond donors (Lipinski definition) is 1. The molecule has 2 aromatic rings. The van der Waals surface area contributed by atoms with Gasteiger partial charge in [-0.2, -0.15) is 13.2 Å². The van der Waals surface area contributed by atoms with Crippen molar-refractivity contribution in [1.29, 1.82) is 0 Å². The number of fused-ring (bicyclic) bond motifs is 1. The zero-order valence-corrected chi connectivity index (χ0v) is 19.0. The van der Waals surface area contributed by atoms with E-state index in [1.54, 1.807) is 14.2 Å².